The van der Waals surface area contributed by atoms with Crippen LogP contribution in [0.1, 0.15) is 6.92 Å². The number of esters is 1. The van der Waals surface area contributed by atoms with Crippen molar-refractivity contribution < 1.29 is 24.0 Å². The Morgan fingerprint density at radius 3 is 2.69 bits per heavy atom. The lowest BCUT2D eigenvalue weighted by atomic mass is 10.0. The van der Waals surface area contributed by atoms with Gasteiger partial charge in [-0.15, -0.1) is 0 Å². The summed E-state index contributed by atoms with van der Waals surface area (Å²) < 4.78 is 17.4. The Labute approximate surface area is 72.4 Å². The van der Waals surface area contributed by atoms with Crippen molar-refractivity contribution in [2.75, 3.05) is 6.54 Å². The number of aliphatic hydroxyl groups is 1. The largest absolute Gasteiger partial charge is 0.450 e. The Bertz CT molecular complexity index is 253. The minimum atomic E-state index is -2.54. The van der Waals surface area contributed by atoms with Crippen LogP contribution in [-0.2, 0) is 9.53 Å². The first kappa shape index (κ1) is 9.85. The van der Waals surface area contributed by atoms with Crippen molar-refractivity contribution in [3.05, 3.63) is 10.1 Å². The lowest BCUT2D eigenvalue weighted by Crippen LogP contribution is -2.41. The summed E-state index contributed by atoms with van der Waals surface area (Å²) in [6.45, 7) is 0.0480. The zero-order chi connectivity index (χ0) is 10.2. The van der Waals surface area contributed by atoms with Crippen LogP contribution in [0.5, 0.6) is 0 Å². The second-order valence-corrected chi connectivity index (χ2v) is 2.98. The van der Waals surface area contributed by atoms with Gasteiger partial charge in [0.1, 0.15) is 6.10 Å². The molecule has 13 heavy (non-hydrogen) atoms. The number of carbonyl (C=O) groups excluding carboxylic acids is 1. The van der Waals surface area contributed by atoms with E-state index in [0.717, 1.165) is 6.92 Å². The quantitative estimate of drug-likeness (QED) is 0.355. The summed E-state index contributed by atoms with van der Waals surface area (Å²) in [6, 6.07) is 0. The maximum atomic E-state index is 13.2. The molecule has 1 aliphatic heterocycles. The van der Waals surface area contributed by atoms with Gasteiger partial charge in [-0.1, -0.05) is 0 Å². The molecule has 0 radical (unpaired) electrons. The van der Waals surface area contributed by atoms with Crippen LogP contribution in [0.3, 0.4) is 0 Å². The minimum absolute atomic E-state index is 0.775. The average Bonchev–Trinajstić information content (AvgIpc) is 2.15. The van der Waals surface area contributed by atoms with Gasteiger partial charge in [-0.3, -0.25) is 10.1 Å². The first-order valence-electron chi connectivity index (χ1n) is 3.55. The van der Waals surface area contributed by atoms with Crippen LogP contribution in [0.15, 0.2) is 0 Å². The molecular weight excluding hydrogens is 185 g/mol. The molecule has 0 aromatic rings. The van der Waals surface area contributed by atoms with E-state index in [-0.39, 0.29) is 0 Å². The van der Waals surface area contributed by atoms with Crippen molar-refractivity contribution in [3.63, 3.8) is 0 Å². The van der Waals surface area contributed by atoms with E-state index in [0.29, 0.717) is 0 Å². The fraction of sp³-hybridized carbons (Fsp3) is 0.833. The molecule has 3 atom stereocenters. The monoisotopic (exact) mass is 193 g/mol. The van der Waals surface area contributed by atoms with Crippen LogP contribution in [-0.4, -0.2) is 40.4 Å². The van der Waals surface area contributed by atoms with Gasteiger partial charge in [0.05, 0.1) is 0 Å². The lowest BCUT2D eigenvalue weighted by molar-refractivity contribution is -0.491. The van der Waals surface area contributed by atoms with Crippen molar-refractivity contribution in [2.45, 2.75) is 24.8 Å². The Balaban J connectivity index is 2.73. The van der Waals surface area contributed by atoms with E-state index >= 15 is 0 Å². The van der Waals surface area contributed by atoms with Crippen molar-refractivity contribution >= 4 is 5.97 Å². The summed E-state index contributed by atoms with van der Waals surface area (Å²) in [5.41, 5.74) is -2.54. The Morgan fingerprint density at radius 2 is 2.38 bits per heavy atom. The predicted molar refractivity (Wildman–Crippen MR) is 37.3 cm³/mol. The summed E-state index contributed by atoms with van der Waals surface area (Å²) in [7, 11) is 0. The van der Waals surface area contributed by atoms with Gasteiger partial charge in [-0.2, -0.15) is 0 Å². The molecule has 6 nitrogen and oxygen atoms in total. The smallest absolute Gasteiger partial charge is 0.347 e. The molecule has 0 saturated carbocycles. The van der Waals surface area contributed by atoms with Gasteiger partial charge >= 0.3 is 5.97 Å². The minimum Gasteiger partial charge on any atom is -0.450 e. The standard InChI is InChI=1S/C6H8FNO5/c1-6(7)4(9)3(2-8(11)12)13-5(6)10/h3-4,9H,2H2,1H3/t3-,4+,6+/m1/s1. The van der Waals surface area contributed by atoms with Gasteiger partial charge in [0, 0.05) is 4.92 Å². The Hall–Kier alpha value is -1.24. The van der Waals surface area contributed by atoms with E-state index in [4.69, 9.17) is 5.11 Å². The molecular formula is C6H8FNO5. The number of aliphatic hydroxyl groups excluding tert-OH is 1. The molecule has 1 heterocycles. The van der Waals surface area contributed by atoms with Gasteiger partial charge in [0.25, 0.3) is 0 Å². The van der Waals surface area contributed by atoms with E-state index in [1.165, 1.54) is 0 Å². The molecule has 0 aromatic heterocycles. The molecule has 1 fully saturated rings. The van der Waals surface area contributed by atoms with Crippen LogP contribution in [0.25, 0.3) is 0 Å². The number of alkyl halides is 1. The molecule has 1 N–H and O–H groups in total. The third-order valence-electron chi connectivity index (χ3n) is 1.89. The predicted octanol–water partition coefficient (Wildman–Crippen LogP) is -0.722. The zero-order valence-corrected chi connectivity index (χ0v) is 6.77. The average molecular weight is 193 g/mol. The van der Waals surface area contributed by atoms with Gasteiger partial charge in [-0.05, 0) is 6.92 Å². The highest BCUT2D eigenvalue weighted by molar-refractivity contribution is 5.82. The molecule has 0 aliphatic carbocycles. The van der Waals surface area contributed by atoms with Crippen LogP contribution >= 0.6 is 0 Å². The number of cyclic esters (lactones) is 1. The highest BCUT2D eigenvalue weighted by atomic mass is 19.1. The number of hydrogen-bond acceptors (Lipinski definition) is 5. The van der Waals surface area contributed by atoms with Crippen molar-refractivity contribution in [2.24, 2.45) is 0 Å². The number of hydrogen-bond donors (Lipinski definition) is 1. The van der Waals surface area contributed by atoms with Crippen LogP contribution < -0.4 is 0 Å². The van der Waals surface area contributed by atoms with Crippen molar-refractivity contribution in [3.8, 4) is 0 Å². The molecule has 1 aliphatic rings. The van der Waals surface area contributed by atoms with Gasteiger partial charge < -0.3 is 9.84 Å². The van der Waals surface area contributed by atoms with Crippen LogP contribution in [0.2, 0.25) is 0 Å². The SMILES string of the molecule is C[C@@]1(F)C(=O)O[C@H](C[N+](=O)[O-])[C@@H]1O. The first-order chi connectivity index (χ1) is 5.85. The third-order valence-corrected chi connectivity index (χ3v) is 1.89. The lowest BCUT2D eigenvalue weighted by Gasteiger charge is -2.13. The summed E-state index contributed by atoms with van der Waals surface area (Å²) in [5.74, 6) is -1.26. The summed E-state index contributed by atoms with van der Waals surface area (Å²) in [6.07, 6.45) is -3.16. The van der Waals surface area contributed by atoms with E-state index in [1.54, 1.807) is 0 Å². The molecule has 74 valence electrons. The second kappa shape index (κ2) is 2.91. The molecule has 0 bridgehead atoms. The number of carbonyl (C=O) groups is 1. The van der Waals surface area contributed by atoms with Crippen LogP contribution in [0, 0.1) is 10.1 Å². The summed E-state index contributed by atoms with van der Waals surface area (Å²) in [5, 5.41) is 19.1. The molecule has 1 saturated heterocycles. The molecule has 0 unspecified atom stereocenters. The Morgan fingerprint density at radius 1 is 1.85 bits per heavy atom. The number of rotatable bonds is 2. The van der Waals surface area contributed by atoms with E-state index in [9.17, 15) is 19.3 Å². The maximum Gasteiger partial charge on any atom is 0.347 e. The number of nitrogens with zero attached hydrogens (tertiary/aromatic N) is 1. The molecule has 0 aromatic carbocycles. The fourth-order valence-electron chi connectivity index (χ4n) is 1.07. The summed E-state index contributed by atoms with van der Waals surface area (Å²) >= 11 is 0. The summed E-state index contributed by atoms with van der Waals surface area (Å²) in [4.78, 5) is 19.9. The van der Waals surface area contributed by atoms with Crippen molar-refractivity contribution in [1.29, 1.82) is 0 Å². The third kappa shape index (κ3) is 1.59. The van der Waals surface area contributed by atoms with E-state index < -0.39 is 35.3 Å². The number of nitro groups is 1. The normalized spacial score (nSPS) is 38.8. The van der Waals surface area contributed by atoms with Crippen LogP contribution in [0.4, 0.5) is 4.39 Å². The fourth-order valence-corrected chi connectivity index (χ4v) is 1.07. The van der Waals surface area contributed by atoms with E-state index in [1.807, 2.05) is 0 Å². The second-order valence-electron chi connectivity index (χ2n) is 2.98. The van der Waals surface area contributed by atoms with Gasteiger partial charge in [0.15, 0.2) is 6.10 Å². The molecule has 7 heteroatoms. The number of halogens is 1. The Kier molecular flexibility index (Phi) is 2.21. The van der Waals surface area contributed by atoms with Gasteiger partial charge in [-0.25, -0.2) is 9.18 Å². The topological polar surface area (TPSA) is 89.7 Å². The molecule has 1 rings (SSSR count). The number of ether oxygens (including phenoxy) is 1. The first-order valence-corrected chi connectivity index (χ1v) is 3.55. The zero-order valence-electron chi connectivity index (χ0n) is 6.77. The van der Waals surface area contributed by atoms with E-state index in [2.05, 4.69) is 4.74 Å². The van der Waals surface area contributed by atoms with Crippen molar-refractivity contribution in [1.82, 2.24) is 0 Å². The highest BCUT2D eigenvalue weighted by Crippen LogP contribution is 2.29. The molecule has 0 amide bonds. The molecule has 0 spiro atoms. The maximum absolute atomic E-state index is 13.2. The highest BCUT2D eigenvalue weighted by Gasteiger charge is 2.56. The van der Waals surface area contributed by atoms with Gasteiger partial charge in [0.2, 0.25) is 12.2 Å².